The fraction of sp³-hybridized carbons (Fsp3) is 0.556. The number of urea groups is 1. The number of hydrogen-bond donors (Lipinski definition) is 3. The van der Waals surface area contributed by atoms with Gasteiger partial charge in [0.15, 0.2) is 0 Å². The Labute approximate surface area is 147 Å². The number of carbonyl (C=O) groups excluding carboxylic acids is 2. The fourth-order valence-corrected chi connectivity index (χ4v) is 4.08. The molecule has 7 nitrogen and oxygen atoms in total. The van der Waals surface area contributed by atoms with Crippen LogP contribution in [0.15, 0.2) is 30.3 Å². The molecule has 0 radical (unpaired) electrons. The maximum Gasteiger partial charge on any atom is 0.317 e. The molecule has 3 N–H and O–H groups in total. The molecule has 3 heterocycles. The lowest BCUT2D eigenvalue weighted by atomic mass is 9.99. The summed E-state index contributed by atoms with van der Waals surface area (Å²) in [5.41, 5.74) is 7.60. The average molecular weight is 343 g/mol. The highest BCUT2D eigenvalue weighted by Crippen LogP contribution is 2.24. The third-order valence-electron chi connectivity index (χ3n) is 5.51. The van der Waals surface area contributed by atoms with Gasteiger partial charge in [-0.2, -0.15) is 0 Å². The molecule has 3 saturated heterocycles. The summed E-state index contributed by atoms with van der Waals surface area (Å²) in [6.45, 7) is 2.96. The number of hydrazine groups is 1. The third-order valence-corrected chi connectivity index (χ3v) is 5.51. The quantitative estimate of drug-likeness (QED) is 0.752. The van der Waals surface area contributed by atoms with E-state index in [0.717, 1.165) is 45.4 Å². The number of benzene rings is 1. The predicted molar refractivity (Wildman–Crippen MR) is 93.6 cm³/mol. The molecule has 25 heavy (non-hydrogen) atoms. The molecule has 134 valence electrons. The molecule has 2 atom stereocenters. The van der Waals surface area contributed by atoms with Gasteiger partial charge in [-0.05, 0) is 24.8 Å². The maximum absolute atomic E-state index is 12.8. The molecule has 1 aromatic rings. The summed E-state index contributed by atoms with van der Waals surface area (Å²) in [7, 11) is 0. The fourth-order valence-electron chi connectivity index (χ4n) is 4.08. The molecule has 1 aromatic carbocycles. The standard InChI is InChI=1S/C18H25N5O2/c24-17(16-12-15(20-21-16)13-4-2-1-3-5-13)22-9-6-14(7-10-22)23-11-8-19-18(23)25/h1-5,14-16,20-21H,6-12H2,(H,19,25). The minimum absolute atomic E-state index is 0.0390. The maximum atomic E-state index is 12.8. The van der Waals surface area contributed by atoms with Crippen molar-refractivity contribution in [3.8, 4) is 0 Å². The first-order valence-electron chi connectivity index (χ1n) is 9.11. The topological polar surface area (TPSA) is 76.7 Å². The van der Waals surface area contributed by atoms with Gasteiger partial charge in [0.25, 0.3) is 0 Å². The average Bonchev–Trinajstić information content (AvgIpc) is 3.31. The number of amides is 3. The molecule has 0 aromatic heterocycles. The second-order valence-corrected chi connectivity index (χ2v) is 7.02. The zero-order valence-corrected chi connectivity index (χ0v) is 14.3. The molecule has 0 aliphatic carbocycles. The Morgan fingerprint density at radius 3 is 2.48 bits per heavy atom. The van der Waals surface area contributed by atoms with Crippen molar-refractivity contribution in [3.05, 3.63) is 35.9 Å². The number of likely N-dealkylation sites (tertiary alicyclic amines) is 1. The van der Waals surface area contributed by atoms with E-state index >= 15 is 0 Å². The molecular weight excluding hydrogens is 318 g/mol. The number of hydrogen-bond acceptors (Lipinski definition) is 4. The Kier molecular flexibility index (Phi) is 4.59. The van der Waals surface area contributed by atoms with Crippen LogP contribution < -0.4 is 16.2 Å². The van der Waals surface area contributed by atoms with E-state index < -0.39 is 0 Å². The van der Waals surface area contributed by atoms with E-state index in [2.05, 4.69) is 28.3 Å². The molecule has 0 spiro atoms. The first-order chi connectivity index (χ1) is 12.2. The van der Waals surface area contributed by atoms with E-state index in [-0.39, 0.29) is 30.1 Å². The van der Waals surface area contributed by atoms with Gasteiger partial charge in [-0.15, -0.1) is 0 Å². The first-order valence-corrected chi connectivity index (χ1v) is 9.11. The predicted octanol–water partition coefficient (Wildman–Crippen LogP) is 0.610. The lowest BCUT2D eigenvalue weighted by Crippen LogP contribution is -2.52. The van der Waals surface area contributed by atoms with Gasteiger partial charge in [-0.25, -0.2) is 15.6 Å². The van der Waals surface area contributed by atoms with Crippen molar-refractivity contribution in [1.29, 1.82) is 0 Å². The molecule has 3 amide bonds. The molecule has 3 aliphatic rings. The van der Waals surface area contributed by atoms with E-state index in [9.17, 15) is 9.59 Å². The van der Waals surface area contributed by atoms with E-state index in [1.54, 1.807) is 0 Å². The molecule has 2 unspecified atom stereocenters. The molecule has 3 fully saturated rings. The Hall–Kier alpha value is -2.12. The zero-order chi connectivity index (χ0) is 17.2. The van der Waals surface area contributed by atoms with Gasteiger partial charge in [0.1, 0.15) is 6.04 Å². The third kappa shape index (κ3) is 3.34. The van der Waals surface area contributed by atoms with Gasteiger partial charge in [-0.3, -0.25) is 4.79 Å². The Bertz CT molecular complexity index is 630. The van der Waals surface area contributed by atoms with Crippen LogP contribution in [-0.4, -0.2) is 60.0 Å². The highest BCUT2D eigenvalue weighted by atomic mass is 16.2. The van der Waals surface area contributed by atoms with Crippen molar-refractivity contribution >= 4 is 11.9 Å². The summed E-state index contributed by atoms with van der Waals surface area (Å²) in [6.07, 6.45) is 2.49. The lowest BCUT2D eigenvalue weighted by Gasteiger charge is -2.37. The molecule has 4 rings (SSSR count). The minimum atomic E-state index is -0.183. The van der Waals surface area contributed by atoms with Crippen molar-refractivity contribution in [2.75, 3.05) is 26.2 Å². The molecule has 0 saturated carbocycles. The van der Waals surface area contributed by atoms with Gasteiger partial charge >= 0.3 is 6.03 Å². The number of carbonyl (C=O) groups is 2. The summed E-state index contributed by atoms with van der Waals surface area (Å²) in [4.78, 5) is 28.4. The van der Waals surface area contributed by atoms with Gasteiger partial charge in [0, 0.05) is 38.3 Å². The van der Waals surface area contributed by atoms with Gasteiger partial charge in [-0.1, -0.05) is 30.3 Å². The summed E-state index contributed by atoms with van der Waals surface area (Å²) < 4.78 is 0. The van der Waals surface area contributed by atoms with Crippen molar-refractivity contribution in [2.45, 2.75) is 37.4 Å². The van der Waals surface area contributed by atoms with Crippen LogP contribution in [0, 0.1) is 0 Å². The van der Waals surface area contributed by atoms with Crippen LogP contribution in [0.2, 0.25) is 0 Å². The van der Waals surface area contributed by atoms with E-state index in [4.69, 9.17) is 0 Å². The van der Waals surface area contributed by atoms with E-state index in [0.29, 0.717) is 0 Å². The Balaban J connectivity index is 1.30. The number of nitrogens with zero attached hydrogens (tertiary/aromatic N) is 2. The van der Waals surface area contributed by atoms with Crippen LogP contribution in [0.25, 0.3) is 0 Å². The molecule has 0 bridgehead atoms. The normalized spacial score (nSPS) is 27.6. The molecule has 3 aliphatic heterocycles. The van der Waals surface area contributed by atoms with Crippen LogP contribution in [0.5, 0.6) is 0 Å². The number of rotatable bonds is 3. The number of nitrogens with one attached hydrogen (secondary N) is 3. The molecular formula is C18H25N5O2. The summed E-state index contributed by atoms with van der Waals surface area (Å²) in [5, 5.41) is 2.85. The van der Waals surface area contributed by atoms with Crippen molar-refractivity contribution < 1.29 is 9.59 Å². The monoisotopic (exact) mass is 343 g/mol. The lowest BCUT2D eigenvalue weighted by molar-refractivity contribution is -0.134. The smallest absolute Gasteiger partial charge is 0.317 e. The van der Waals surface area contributed by atoms with E-state index in [1.165, 1.54) is 5.56 Å². The largest absolute Gasteiger partial charge is 0.341 e. The van der Waals surface area contributed by atoms with Gasteiger partial charge in [0.05, 0.1) is 0 Å². The Morgan fingerprint density at radius 2 is 1.80 bits per heavy atom. The summed E-state index contributed by atoms with van der Waals surface area (Å²) >= 11 is 0. The first kappa shape index (κ1) is 16.4. The van der Waals surface area contributed by atoms with Crippen molar-refractivity contribution in [1.82, 2.24) is 26.0 Å². The summed E-state index contributed by atoms with van der Waals surface area (Å²) in [5.74, 6) is 0.162. The second-order valence-electron chi connectivity index (χ2n) is 7.02. The molecule has 7 heteroatoms. The van der Waals surface area contributed by atoms with Crippen molar-refractivity contribution in [3.63, 3.8) is 0 Å². The Morgan fingerprint density at radius 1 is 1.04 bits per heavy atom. The van der Waals surface area contributed by atoms with Gasteiger partial charge < -0.3 is 15.1 Å². The minimum Gasteiger partial charge on any atom is -0.341 e. The second kappa shape index (κ2) is 7.01. The van der Waals surface area contributed by atoms with Gasteiger partial charge in [0.2, 0.25) is 5.91 Å². The van der Waals surface area contributed by atoms with Crippen LogP contribution in [-0.2, 0) is 4.79 Å². The van der Waals surface area contributed by atoms with Crippen LogP contribution in [0.1, 0.15) is 30.9 Å². The summed E-state index contributed by atoms with van der Waals surface area (Å²) in [6, 6.07) is 10.5. The van der Waals surface area contributed by atoms with Crippen LogP contribution in [0.4, 0.5) is 4.79 Å². The zero-order valence-electron chi connectivity index (χ0n) is 14.3. The SMILES string of the molecule is O=C(C1CC(c2ccccc2)NN1)N1CCC(N2CCNC2=O)CC1. The van der Waals surface area contributed by atoms with Crippen LogP contribution >= 0.6 is 0 Å². The van der Waals surface area contributed by atoms with E-state index in [1.807, 2.05) is 28.0 Å². The van der Waals surface area contributed by atoms with Crippen LogP contribution in [0.3, 0.4) is 0 Å². The number of piperidine rings is 1. The van der Waals surface area contributed by atoms with Crippen molar-refractivity contribution in [2.24, 2.45) is 0 Å². The highest BCUT2D eigenvalue weighted by Gasteiger charge is 2.36. The highest BCUT2D eigenvalue weighted by molar-refractivity contribution is 5.82.